The second-order valence-electron chi connectivity index (χ2n) is 8.05. The van der Waals surface area contributed by atoms with E-state index in [-0.39, 0.29) is 30.4 Å². The number of ether oxygens (including phenoxy) is 2. The molecule has 0 radical (unpaired) electrons. The second-order valence-corrected chi connectivity index (χ2v) is 8.05. The summed E-state index contributed by atoms with van der Waals surface area (Å²) >= 11 is 0. The van der Waals surface area contributed by atoms with Crippen LogP contribution >= 0.6 is 0 Å². The predicted octanol–water partition coefficient (Wildman–Crippen LogP) is 3.59. The monoisotopic (exact) mass is 483 g/mol. The fourth-order valence-corrected chi connectivity index (χ4v) is 3.81. The molecule has 6 N–H and O–H groups in total. The van der Waals surface area contributed by atoms with E-state index in [4.69, 9.17) is 31.8 Å². The summed E-state index contributed by atoms with van der Waals surface area (Å²) in [7, 11) is 0. The number of hydrogen-bond donors (Lipinski definition) is 4. The Morgan fingerprint density at radius 1 is 0.889 bits per heavy atom. The Balaban J connectivity index is 1.83. The molecule has 4 aromatic rings. The van der Waals surface area contributed by atoms with Crippen molar-refractivity contribution in [1.82, 2.24) is 4.57 Å². The lowest BCUT2D eigenvalue weighted by molar-refractivity contribution is 0.0524. The third kappa shape index (κ3) is 5.10. The molecule has 4 rings (SSSR count). The Bertz CT molecular complexity index is 1560. The predicted molar refractivity (Wildman–Crippen MR) is 138 cm³/mol. The summed E-state index contributed by atoms with van der Waals surface area (Å²) < 4.78 is 12.6. The number of amidine groups is 2. The zero-order valence-corrected chi connectivity index (χ0v) is 19.6. The van der Waals surface area contributed by atoms with Crippen LogP contribution in [0.3, 0.4) is 0 Å². The van der Waals surface area contributed by atoms with Crippen LogP contribution in [0.5, 0.6) is 11.5 Å². The number of esters is 1. The average molecular weight is 484 g/mol. The van der Waals surface area contributed by atoms with E-state index in [1.807, 2.05) is 6.07 Å². The summed E-state index contributed by atoms with van der Waals surface area (Å²) in [5, 5.41) is 16.0. The SMILES string of the molecule is CCOC(=O)c1cc2ccc(Oc3cccc(C(=N)N)c3)cc2n(Cc2cccc(C(=N)N)c2)c1=O. The molecule has 0 atom stereocenters. The molecule has 9 nitrogen and oxygen atoms in total. The maximum absolute atomic E-state index is 13.4. The number of carbonyl (C=O) groups is 1. The molecule has 0 aliphatic rings. The van der Waals surface area contributed by atoms with Gasteiger partial charge in [0, 0.05) is 17.2 Å². The summed E-state index contributed by atoms with van der Waals surface area (Å²) in [4.78, 5) is 25.9. The highest BCUT2D eigenvalue weighted by atomic mass is 16.5. The molecule has 0 aliphatic carbocycles. The summed E-state index contributed by atoms with van der Waals surface area (Å²) in [6, 6.07) is 20.5. The van der Waals surface area contributed by atoms with Crippen molar-refractivity contribution in [2.75, 3.05) is 6.61 Å². The second kappa shape index (κ2) is 10.1. The molecule has 1 aromatic heterocycles. The number of nitrogens with one attached hydrogen (secondary N) is 2. The van der Waals surface area contributed by atoms with Crippen LogP contribution in [0.1, 0.15) is 34.0 Å². The first kappa shape index (κ1) is 24.2. The molecule has 182 valence electrons. The van der Waals surface area contributed by atoms with Crippen LogP contribution in [-0.4, -0.2) is 28.8 Å². The third-order valence-corrected chi connectivity index (χ3v) is 5.52. The topological polar surface area (TPSA) is 157 Å². The highest BCUT2D eigenvalue weighted by Gasteiger charge is 2.18. The first-order valence-corrected chi connectivity index (χ1v) is 11.2. The summed E-state index contributed by atoms with van der Waals surface area (Å²) in [5.74, 6) is 0.0767. The molecule has 0 bridgehead atoms. The summed E-state index contributed by atoms with van der Waals surface area (Å²) in [6.07, 6.45) is 0. The number of nitrogen functional groups attached to an aromatic ring is 2. The van der Waals surface area contributed by atoms with Gasteiger partial charge in [0.25, 0.3) is 5.56 Å². The van der Waals surface area contributed by atoms with Gasteiger partial charge >= 0.3 is 5.97 Å². The van der Waals surface area contributed by atoms with E-state index in [9.17, 15) is 9.59 Å². The molecule has 0 aliphatic heterocycles. The van der Waals surface area contributed by atoms with Crippen LogP contribution in [0.4, 0.5) is 0 Å². The van der Waals surface area contributed by atoms with Gasteiger partial charge in [0.15, 0.2) is 0 Å². The van der Waals surface area contributed by atoms with Gasteiger partial charge in [-0.25, -0.2) is 4.79 Å². The molecule has 36 heavy (non-hydrogen) atoms. The molecule has 0 amide bonds. The minimum Gasteiger partial charge on any atom is -0.462 e. The Kier molecular flexibility index (Phi) is 6.82. The van der Waals surface area contributed by atoms with Crippen LogP contribution in [0, 0.1) is 10.8 Å². The lowest BCUT2D eigenvalue weighted by Gasteiger charge is -2.15. The van der Waals surface area contributed by atoms with Gasteiger partial charge < -0.3 is 25.5 Å². The maximum atomic E-state index is 13.4. The Morgan fingerprint density at radius 2 is 1.56 bits per heavy atom. The van der Waals surface area contributed by atoms with Crippen LogP contribution < -0.4 is 21.8 Å². The fourth-order valence-electron chi connectivity index (χ4n) is 3.81. The number of pyridine rings is 1. The number of rotatable bonds is 8. The largest absolute Gasteiger partial charge is 0.462 e. The lowest BCUT2D eigenvalue weighted by Crippen LogP contribution is -2.28. The molecule has 0 fully saturated rings. The first-order valence-electron chi connectivity index (χ1n) is 11.2. The molecule has 0 saturated carbocycles. The van der Waals surface area contributed by atoms with E-state index in [1.54, 1.807) is 67.6 Å². The smallest absolute Gasteiger partial charge is 0.343 e. The molecule has 0 spiro atoms. The zero-order valence-electron chi connectivity index (χ0n) is 19.6. The van der Waals surface area contributed by atoms with E-state index in [2.05, 4.69) is 0 Å². The Labute approximate surface area is 206 Å². The standard InChI is InChI=1S/C27H25N5O4/c1-2-35-27(34)22-13-17-9-10-21(36-20-8-4-7-19(12-20)25(30)31)14-23(17)32(26(22)33)15-16-5-3-6-18(11-16)24(28)29/h3-14H,2,15H2,1H3,(H3,28,29)(H3,30,31). The van der Waals surface area contributed by atoms with Crippen molar-refractivity contribution in [3.63, 3.8) is 0 Å². The molecule has 0 unspecified atom stereocenters. The van der Waals surface area contributed by atoms with Gasteiger partial charge in [-0.1, -0.05) is 30.3 Å². The number of aromatic nitrogens is 1. The number of nitrogens with zero attached hydrogens (tertiary/aromatic N) is 1. The third-order valence-electron chi connectivity index (χ3n) is 5.52. The number of carbonyl (C=O) groups excluding carboxylic acids is 1. The highest BCUT2D eigenvalue weighted by molar-refractivity contribution is 5.96. The van der Waals surface area contributed by atoms with Crippen molar-refractivity contribution in [1.29, 1.82) is 10.8 Å². The van der Waals surface area contributed by atoms with E-state index < -0.39 is 11.5 Å². The highest BCUT2D eigenvalue weighted by Crippen LogP contribution is 2.27. The Morgan fingerprint density at radius 3 is 2.25 bits per heavy atom. The van der Waals surface area contributed by atoms with Crippen molar-refractivity contribution in [2.45, 2.75) is 13.5 Å². The lowest BCUT2D eigenvalue weighted by atomic mass is 10.1. The summed E-state index contributed by atoms with van der Waals surface area (Å²) in [5.41, 5.74) is 13.0. The van der Waals surface area contributed by atoms with E-state index >= 15 is 0 Å². The number of hydrogen-bond acceptors (Lipinski definition) is 6. The molecular formula is C27H25N5O4. The molecule has 3 aromatic carbocycles. The Hall–Kier alpha value is -4.92. The van der Waals surface area contributed by atoms with E-state index in [0.717, 1.165) is 5.56 Å². The number of nitrogens with two attached hydrogens (primary N) is 2. The normalized spacial score (nSPS) is 10.7. The van der Waals surface area contributed by atoms with Gasteiger partial charge in [0.05, 0.1) is 18.7 Å². The van der Waals surface area contributed by atoms with Gasteiger partial charge in [-0.3, -0.25) is 15.6 Å². The van der Waals surface area contributed by atoms with Crippen molar-refractivity contribution >= 4 is 28.5 Å². The van der Waals surface area contributed by atoms with Gasteiger partial charge in [0.1, 0.15) is 28.7 Å². The van der Waals surface area contributed by atoms with Crippen molar-refractivity contribution < 1.29 is 14.3 Å². The van der Waals surface area contributed by atoms with Gasteiger partial charge in [0.2, 0.25) is 0 Å². The minimum absolute atomic E-state index is 0.0742. The van der Waals surface area contributed by atoms with Crippen molar-refractivity contribution in [3.05, 3.63) is 105 Å². The summed E-state index contributed by atoms with van der Waals surface area (Å²) in [6.45, 7) is 1.95. The van der Waals surface area contributed by atoms with Gasteiger partial charge in [-0.05, 0) is 54.3 Å². The maximum Gasteiger partial charge on any atom is 0.343 e. The van der Waals surface area contributed by atoms with Crippen LogP contribution in [-0.2, 0) is 11.3 Å². The van der Waals surface area contributed by atoms with E-state index in [0.29, 0.717) is 33.5 Å². The molecular weight excluding hydrogens is 458 g/mol. The average Bonchev–Trinajstić information content (AvgIpc) is 2.86. The zero-order chi connectivity index (χ0) is 25.8. The molecule has 0 saturated heterocycles. The van der Waals surface area contributed by atoms with Crippen molar-refractivity contribution in [3.8, 4) is 11.5 Å². The van der Waals surface area contributed by atoms with Crippen LogP contribution in [0.2, 0.25) is 0 Å². The first-order chi connectivity index (χ1) is 17.3. The molecule has 1 heterocycles. The number of fused-ring (bicyclic) bond motifs is 1. The van der Waals surface area contributed by atoms with Crippen LogP contribution in [0.25, 0.3) is 10.9 Å². The quantitative estimate of drug-likeness (QED) is 0.170. The minimum atomic E-state index is -0.697. The fraction of sp³-hybridized carbons (Fsp3) is 0.111. The van der Waals surface area contributed by atoms with Crippen LogP contribution in [0.15, 0.2) is 77.6 Å². The van der Waals surface area contributed by atoms with Crippen molar-refractivity contribution in [2.24, 2.45) is 11.5 Å². The van der Waals surface area contributed by atoms with Gasteiger partial charge in [-0.2, -0.15) is 0 Å². The van der Waals surface area contributed by atoms with Gasteiger partial charge in [-0.15, -0.1) is 0 Å². The number of benzene rings is 3. The van der Waals surface area contributed by atoms with E-state index in [1.165, 1.54) is 10.6 Å². The molecule has 9 heteroatoms.